The van der Waals surface area contributed by atoms with Crippen LogP contribution in [-0.2, 0) is 0 Å². The number of aryl methyl sites for hydroxylation is 1. The number of benzene rings is 1. The fourth-order valence-electron chi connectivity index (χ4n) is 1.92. The highest BCUT2D eigenvalue weighted by Gasteiger charge is 2.10. The summed E-state index contributed by atoms with van der Waals surface area (Å²) in [5.74, 6) is 3.61. The van der Waals surface area contributed by atoms with Crippen molar-refractivity contribution in [3.63, 3.8) is 0 Å². The predicted octanol–water partition coefficient (Wildman–Crippen LogP) is 3.72. The van der Waals surface area contributed by atoms with Crippen molar-refractivity contribution in [3.05, 3.63) is 35.7 Å². The Balaban J connectivity index is 2.22. The van der Waals surface area contributed by atoms with Crippen LogP contribution in [0.25, 0.3) is 0 Å². The maximum atomic E-state index is 5.86. The van der Waals surface area contributed by atoms with Gasteiger partial charge in [-0.15, -0.1) is 0 Å². The second kappa shape index (κ2) is 6.92. The minimum absolute atomic E-state index is 0.572. The molecule has 21 heavy (non-hydrogen) atoms. The van der Waals surface area contributed by atoms with Crippen molar-refractivity contribution in [2.24, 2.45) is 0 Å². The van der Waals surface area contributed by atoms with Crippen LogP contribution in [0, 0.1) is 13.8 Å². The fraction of sp³-hybridized carbons (Fsp3) is 0.375. The van der Waals surface area contributed by atoms with Crippen molar-refractivity contribution in [3.8, 4) is 17.4 Å². The molecule has 0 saturated heterocycles. The normalized spacial score (nSPS) is 10.3. The van der Waals surface area contributed by atoms with Crippen LogP contribution in [0.3, 0.4) is 0 Å². The molecule has 1 N–H and O–H groups in total. The molecule has 0 aliphatic carbocycles. The Bertz CT molecular complexity index is 597. The molecule has 112 valence electrons. The number of ether oxygens (including phenoxy) is 2. The van der Waals surface area contributed by atoms with Gasteiger partial charge in [-0.3, -0.25) is 0 Å². The van der Waals surface area contributed by atoms with Gasteiger partial charge in [-0.2, -0.15) is 4.98 Å². The van der Waals surface area contributed by atoms with E-state index < -0.39 is 0 Å². The van der Waals surface area contributed by atoms with Gasteiger partial charge in [-0.1, -0.05) is 0 Å². The van der Waals surface area contributed by atoms with Crippen molar-refractivity contribution in [2.45, 2.75) is 27.7 Å². The molecule has 0 fully saturated rings. The van der Waals surface area contributed by atoms with Gasteiger partial charge in [-0.25, -0.2) is 4.98 Å². The Morgan fingerprint density at radius 2 is 1.67 bits per heavy atom. The maximum absolute atomic E-state index is 5.86. The van der Waals surface area contributed by atoms with E-state index in [1.807, 2.05) is 52.0 Å². The van der Waals surface area contributed by atoms with Crippen LogP contribution in [0.5, 0.6) is 17.4 Å². The monoisotopic (exact) mass is 287 g/mol. The summed E-state index contributed by atoms with van der Waals surface area (Å²) in [6.07, 6.45) is 0. The molecular weight excluding hydrogens is 266 g/mol. The number of nitrogens with one attached hydrogen (secondary N) is 1. The van der Waals surface area contributed by atoms with Crippen LogP contribution < -0.4 is 14.8 Å². The fourth-order valence-corrected chi connectivity index (χ4v) is 1.92. The van der Waals surface area contributed by atoms with Gasteiger partial charge in [0.1, 0.15) is 23.1 Å². The molecule has 0 atom stereocenters. The van der Waals surface area contributed by atoms with Crippen molar-refractivity contribution in [1.82, 2.24) is 9.97 Å². The number of anilines is 1. The topological polar surface area (TPSA) is 56.3 Å². The van der Waals surface area contributed by atoms with Crippen molar-refractivity contribution >= 4 is 5.82 Å². The zero-order valence-corrected chi connectivity index (χ0v) is 12.9. The van der Waals surface area contributed by atoms with Crippen LogP contribution in [0.2, 0.25) is 0 Å². The van der Waals surface area contributed by atoms with E-state index in [1.54, 1.807) is 0 Å². The van der Waals surface area contributed by atoms with Crippen LogP contribution in [0.4, 0.5) is 5.82 Å². The summed E-state index contributed by atoms with van der Waals surface area (Å²) in [4.78, 5) is 8.75. The molecule has 5 heteroatoms. The van der Waals surface area contributed by atoms with Crippen molar-refractivity contribution in [1.29, 1.82) is 0 Å². The van der Waals surface area contributed by atoms with Gasteiger partial charge >= 0.3 is 0 Å². The van der Waals surface area contributed by atoms with Crippen LogP contribution in [0.1, 0.15) is 25.2 Å². The largest absolute Gasteiger partial charge is 0.494 e. The summed E-state index contributed by atoms with van der Waals surface area (Å²) < 4.78 is 11.3. The van der Waals surface area contributed by atoms with E-state index >= 15 is 0 Å². The summed E-state index contributed by atoms with van der Waals surface area (Å²) >= 11 is 0. The van der Waals surface area contributed by atoms with Gasteiger partial charge in [-0.05, 0) is 52.0 Å². The lowest BCUT2D eigenvalue weighted by atomic mass is 10.3. The van der Waals surface area contributed by atoms with E-state index in [0.29, 0.717) is 18.3 Å². The summed E-state index contributed by atoms with van der Waals surface area (Å²) in [5.41, 5.74) is 0.899. The van der Waals surface area contributed by atoms with Crippen LogP contribution in [0.15, 0.2) is 24.3 Å². The molecule has 1 aromatic carbocycles. The van der Waals surface area contributed by atoms with E-state index in [2.05, 4.69) is 15.3 Å². The Kier molecular flexibility index (Phi) is 4.98. The Labute approximate surface area is 125 Å². The molecule has 5 nitrogen and oxygen atoms in total. The van der Waals surface area contributed by atoms with Gasteiger partial charge in [0.05, 0.1) is 12.2 Å². The molecule has 0 aliphatic heterocycles. The van der Waals surface area contributed by atoms with Crippen LogP contribution >= 0.6 is 0 Å². The molecular formula is C16H21N3O2. The molecule has 2 aromatic rings. The van der Waals surface area contributed by atoms with E-state index in [-0.39, 0.29) is 0 Å². The molecule has 1 aromatic heterocycles. The third-order valence-electron chi connectivity index (χ3n) is 2.91. The second-order valence-corrected chi connectivity index (χ2v) is 4.59. The Morgan fingerprint density at radius 1 is 1.00 bits per heavy atom. The lowest BCUT2D eigenvalue weighted by Gasteiger charge is -2.13. The average molecular weight is 287 g/mol. The Hall–Kier alpha value is -2.30. The summed E-state index contributed by atoms with van der Waals surface area (Å²) in [7, 11) is 0. The molecule has 0 spiro atoms. The highest BCUT2D eigenvalue weighted by atomic mass is 16.5. The first-order chi connectivity index (χ1) is 10.1. The van der Waals surface area contributed by atoms with Gasteiger partial charge in [0.2, 0.25) is 5.88 Å². The maximum Gasteiger partial charge on any atom is 0.227 e. The molecule has 0 aliphatic rings. The lowest BCUT2D eigenvalue weighted by molar-refractivity contribution is 0.339. The van der Waals surface area contributed by atoms with Crippen LogP contribution in [-0.4, -0.2) is 23.1 Å². The molecule has 0 amide bonds. The first kappa shape index (κ1) is 15.1. The smallest absolute Gasteiger partial charge is 0.227 e. The van der Waals surface area contributed by atoms with Crippen molar-refractivity contribution in [2.75, 3.05) is 18.5 Å². The van der Waals surface area contributed by atoms with Gasteiger partial charge in [0, 0.05) is 6.54 Å². The SMILES string of the molecule is CCNc1nc(C)nc(Oc2ccc(OCC)cc2)c1C. The minimum Gasteiger partial charge on any atom is -0.494 e. The molecule has 1 heterocycles. The summed E-state index contributed by atoms with van der Waals surface area (Å²) in [6, 6.07) is 7.50. The molecule has 0 radical (unpaired) electrons. The number of hydrogen-bond donors (Lipinski definition) is 1. The second-order valence-electron chi connectivity index (χ2n) is 4.59. The quantitative estimate of drug-likeness (QED) is 0.877. The third-order valence-corrected chi connectivity index (χ3v) is 2.91. The number of aromatic nitrogens is 2. The minimum atomic E-state index is 0.572. The highest BCUT2D eigenvalue weighted by Crippen LogP contribution is 2.28. The lowest BCUT2D eigenvalue weighted by Crippen LogP contribution is -2.06. The number of nitrogens with zero attached hydrogens (tertiary/aromatic N) is 2. The van der Waals surface area contributed by atoms with Gasteiger partial charge < -0.3 is 14.8 Å². The average Bonchev–Trinajstić information content (AvgIpc) is 2.46. The van der Waals surface area contributed by atoms with Gasteiger partial charge in [0.25, 0.3) is 0 Å². The first-order valence-electron chi connectivity index (χ1n) is 7.13. The molecule has 0 saturated carbocycles. The van der Waals surface area contributed by atoms with E-state index in [0.717, 1.165) is 29.4 Å². The summed E-state index contributed by atoms with van der Waals surface area (Å²) in [5, 5.41) is 3.22. The molecule has 0 bridgehead atoms. The van der Waals surface area contributed by atoms with E-state index in [9.17, 15) is 0 Å². The number of hydrogen-bond acceptors (Lipinski definition) is 5. The van der Waals surface area contributed by atoms with E-state index in [4.69, 9.17) is 9.47 Å². The standard InChI is InChI=1S/C16H21N3O2/c1-5-17-15-11(3)16(19-12(4)18-15)21-14-9-7-13(8-10-14)20-6-2/h7-10H,5-6H2,1-4H3,(H,17,18,19). The Morgan fingerprint density at radius 3 is 2.29 bits per heavy atom. The van der Waals surface area contributed by atoms with E-state index in [1.165, 1.54) is 0 Å². The molecule has 0 unspecified atom stereocenters. The van der Waals surface area contributed by atoms with Crippen molar-refractivity contribution < 1.29 is 9.47 Å². The van der Waals surface area contributed by atoms with Gasteiger partial charge in [0.15, 0.2) is 0 Å². The third kappa shape index (κ3) is 3.84. The zero-order chi connectivity index (χ0) is 15.2. The summed E-state index contributed by atoms with van der Waals surface area (Å²) in [6.45, 7) is 9.24. The highest BCUT2D eigenvalue weighted by molar-refractivity contribution is 5.49. The molecule has 2 rings (SSSR count). The number of rotatable bonds is 6. The zero-order valence-electron chi connectivity index (χ0n) is 12.9. The predicted molar refractivity (Wildman–Crippen MR) is 83.4 cm³/mol. The first-order valence-corrected chi connectivity index (χ1v) is 7.13.